The van der Waals surface area contributed by atoms with Crippen molar-refractivity contribution in [2.45, 2.75) is 39.5 Å². The van der Waals surface area contributed by atoms with E-state index in [1.54, 1.807) is 0 Å². The first-order chi connectivity index (χ1) is 7.39. The van der Waals surface area contributed by atoms with Gasteiger partial charge in [0.15, 0.2) is 0 Å². The molecule has 1 N–H and O–H groups in total. The summed E-state index contributed by atoms with van der Waals surface area (Å²) in [7, 11) is 2.17. The first-order valence-electron chi connectivity index (χ1n) is 6.12. The lowest BCUT2D eigenvalue weighted by Crippen LogP contribution is -2.10. The summed E-state index contributed by atoms with van der Waals surface area (Å²) in [5.41, 5.74) is 0. The molecule has 0 bridgehead atoms. The van der Waals surface area contributed by atoms with Crippen molar-refractivity contribution in [2.75, 3.05) is 33.2 Å². The fraction of sp³-hybridized carbons (Fsp3) is 0.846. The molecule has 0 radical (unpaired) electrons. The Bertz CT molecular complexity index is 103. The van der Waals surface area contributed by atoms with E-state index in [2.05, 4.69) is 30.1 Å². The average molecular weight is 212 g/mol. The second-order valence-corrected chi connectivity index (χ2v) is 3.47. The van der Waals surface area contributed by atoms with E-state index < -0.39 is 0 Å². The summed E-state index contributed by atoms with van der Waals surface area (Å²) >= 11 is 0. The summed E-state index contributed by atoms with van der Waals surface area (Å²) in [6.07, 6.45) is 13.6. The molecule has 90 valence electrons. The van der Waals surface area contributed by atoms with Crippen LogP contribution >= 0.6 is 0 Å². The number of hydrogen-bond donors (Lipinski definition) is 1. The van der Waals surface area contributed by atoms with E-state index in [1.807, 2.05) is 13.8 Å². The molecule has 0 aromatic heterocycles. The third kappa shape index (κ3) is 13.5. The van der Waals surface area contributed by atoms with E-state index in [-0.39, 0.29) is 0 Å². The smallest absolute Gasteiger partial charge is 0.00213 e. The van der Waals surface area contributed by atoms with Crippen LogP contribution in [0.2, 0.25) is 0 Å². The fourth-order valence-electron chi connectivity index (χ4n) is 1.50. The first-order valence-corrected chi connectivity index (χ1v) is 6.12. The summed E-state index contributed by atoms with van der Waals surface area (Å²) < 4.78 is 0. The minimum atomic E-state index is 1.25. The molecule has 0 aromatic rings. The number of hydrogen-bond acceptors (Lipinski definition) is 2. The highest BCUT2D eigenvalue weighted by Crippen LogP contribution is 2.02. The zero-order chi connectivity index (χ0) is 11.9. The topological polar surface area (TPSA) is 15.3 Å². The second kappa shape index (κ2) is 15.9. The molecule has 0 saturated carbocycles. The molecule has 0 aliphatic carbocycles. The van der Waals surface area contributed by atoms with E-state index in [0.717, 1.165) is 0 Å². The van der Waals surface area contributed by atoms with Gasteiger partial charge in [-0.2, -0.15) is 0 Å². The van der Waals surface area contributed by atoms with Gasteiger partial charge in [0.05, 0.1) is 0 Å². The molecule has 2 heterocycles. The van der Waals surface area contributed by atoms with Crippen LogP contribution in [0.25, 0.3) is 0 Å². The average Bonchev–Trinajstić information content (AvgIpc) is 2.98. The van der Waals surface area contributed by atoms with Crippen LogP contribution in [0.15, 0.2) is 0 Å². The van der Waals surface area contributed by atoms with Crippen LogP contribution in [0.5, 0.6) is 0 Å². The van der Waals surface area contributed by atoms with Crippen molar-refractivity contribution in [1.82, 2.24) is 10.2 Å². The fourth-order valence-corrected chi connectivity index (χ4v) is 1.50. The van der Waals surface area contributed by atoms with Gasteiger partial charge in [0.1, 0.15) is 0 Å². The van der Waals surface area contributed by atoms with Crippen molar-refractivity contribution in [3.05, 3.63) is 0 Å². The molecule has 0 amide bonds. The second-order valence-electron chi connectivity index (χ2n) is 3.47. The van der Waals surface area contributed by atoms with Crippen LogP contribution in [0.1, 0.15) is 39.5 Å². The highest BCUT2D eigenvalue weighted by molar-refractivity contribution is 4.59. The summed E-state index contributed by atoms with van der Waals surface area (Å²) in [5.74, 6) is 0. The Morgan fingerprint density at radius 1 is 0.867 bits per heavy atom. The molecule has 2 nitrogen and oxygen atoms in total. The minimum Gasteiger partial charge on any atom is -0.317 e. The van der Waals surface area contributed by atoms with Crippen LogP contribution in [0, 0.1) is 12.8 Å². The van der Waals surface area contributed by atoms with Crippen molar-refractivity contribution in [3.8, 4) is 12.8 Å². The Morgan fingerprint density at radius 3 is 1.40 bits per heavy atom. The molecular weight excluding hydrogens is 184 g/mol. The van der Waals surface area contributed by atoms with Crippen molar-refractivity contribution < 1.29 is 0 Å². The Balaban J connectivity index is 0. The monoisotopic (exact) mass is 212 g/mol. The van der Waals surface area contributed by atoms with Crippen molar-refractivity contribution >= 4 is 0 Å². The molecule has 2 aliphatic heterocycles. The Kier molecular flexibility index (Phi) is 17.9. The van der Waals surface area contributed by atoms with Crippen LogP contribution < -0.4 is 5.32 Å². The number of rotatable bonds is 0. The Labute approximate surface area is 96.4 Å². The predicted octanol–water partition coefficient (Wildman–Crippen LogP) is 2.36. The van der Waals surface area contributed by atoms with E-state index >= 15 is 0 Å². The quantitative estimate of drug-likeness (QED) is 0.620. The van der Waals surface area contributed by atoms with Crippen LogP contribution in [0.4, 0.5) is 0 Å². The molecule has 2 saturated heterocycles. The van der Waals surface area contributed by atoms with Crippen molar-refractivity contribution in [1.29, 1.82) is 0 Å². The largest absolute Gasteiger partial charge is 0.317 e. The van der Waals surface area contributed by atoms with Gasteiger partial charge in [0, 0.05) is 0 Å². The SMILES string of the molecule is C#C.C1CCNC1.CC.CN1CCCC1. The first kappa shape index (κ1) is 16.9. The summed E-state index contributed by atoms with van der Waals surface area (Å²) in [4.78, 5) is 2.36. The zero-order valence-corrected chi connectivity index (χ0v) is 10.8. The van der Waals surface area contributed by atoms with Gasteiger partial charge in [0.2, 0.25) is 0 Å². The standard InChI is InChI=1S/C5H11N.C4H9N.C2H6.C2H2/c1-6-4-2-3-5-6;1-2-4-5-3-1;2*1-2/h2-5H2,1H3;5H,1-4H2;1-2H3;1-2H. The van der Waals surface area contributed by atoms with E-state index in [1.165, 1.54) is 51.9 Å². The van der Waals surface area contributed by atoms with Gasteiger partial charge in [-0.3, -0.25) is 0 Å². The summed E-state index contributed by atoms with van der Waals surface area (Å²) in [5, 5.41) is 3.22. The van der Waals surface area contributed by atoms with Gasteiger partial charge in [-0.15, -0.1) is 12.8 Å². The molecule has 2 fully saturated rings. The predicted molar refractivity (Wildman–Crippen MR) is 70.1 cm³/mol. The molecule has 2 rings (SSSR count). The normalized spacial score (nSPS) is 18.7. The highest BCUT2D eigenvalue weighted by atomic mass is 15.1. The molecular formula is C13H28N2. The van der Waals surface area contributed by atoms with Gasteiger partial charge in [-0.05, 0) is 58.9 Å². The van der Waals surface area contributed by atoms with E-state index in [9.17, 15) is 0 Å². The lowest BCUT2D eigenvalue weighted by molar-refractivity contribution is 0.418. The number of likely N-dealkylation sites (tertiary alicyclic amines) is 1. The van der Waals surface area contributed by atoms with Gasteiger partial charge in [-0.1, -0.05) is 13.8 Å². The number of nitrogens with zero attached hydrogens (tertiary/aromatic N) is 1. The van der Waals surface area contributed by atoms with Crippen molar-refractivity contribution in [3.63, 3.8) is 0 Å². The molecule has 0 atom stereocenters. The lowest BCUT2D eigenvalue weighted by atomic mass is 10.4. The van der Waals surface area contributed by atoms with Gasteiger partial charge < -0.3 is 10.2 Å². The summed E-state index contributed by atoms with van der Waals surface area (Å²) in [6.45, 7) is 9.14. The molecule has 0 spiro atoms. The number of terminal acetylenes is 1. The maximum absolute atomic E-state index is 4.00. The van der Waals surface area contributed by atoms with Crippen LogP contribution in [-0.2, 0) is 0 Å². The van der Waals surface area contributed by atoms with Gasteiger partial charge in [0.25, 0.3) is 0 Å². The third-order valence-corrected chi connectivity index (χ3v) is 2.29. The van der Waals surface area contributed by atoms with Crippen LogP contribution in [0.3, 0.4) is 0 Å². The third-order valence-electron chi connectivity index (χ3n) is 2.29. The van der Waals surface area contributed by atoms with Gasteiger partial charge >= 0.3 is 0 Å². The van der Waals surface area contributed by atoms with Crippen molar-refractivity contribution in [2.24, 2.45) is 0 Å². The number of nitrogens with one attached hydrogen (secondary N) is 1. The maximum Gasteiger partial charge on any atom is -0.00213 e. The van der Waals surface area contributed by atoms with Crippen LogP contribution in [-0.4, -0.2) is 38.1 Å². The van der Waals surface area contributed by atoms with Gasteiger partial charge in [-0.25, -0.2) is 0 Å². The molecule has 2 aliphatic rings. The van der Waals surface area contributed by atoms with E-state index in [4.69, 9.17) is 0 Å². The van der Waals surface area contributed by atoms with E-state index in [0.29, 0.717) is 0 Å². The summed E-state index contributed by atoms with van der Waals surface area (Å²) in [6, 6.07) is 0. The molecule has 2 heteroatoms. The molecule has 0 unspecified atom stereocenters. The minimum absolute atomic E-state index is 1.25. The molecule has 15 heavy (non-hydrogen) atoms. The Morgan fingerprint density at radius 2 is 1.27 bits per heavy atom. The zero-order valence-electron chi connectivity index (χ0n) is 10.8. The maximum atomic E-state index is 4.00. The molecule has 0 aromatic carbocycles. The Hall–Kier alpha value is -0.520. The highest BCUT2D eigenvalue weighted by Gasteiger charge is 2.03. The lowest BCUT2D eigenvalue weighted by Gasteiger charge is -2.01.